The summed E-state index contributed by atoms with van der Waals surface area (Å²) in [5.74, 6) is 2.04. The number of phenols is 1. The third-order valence-corrected chi connectivity index (χ3v) is 5.28. The number of nitrogens with zero attached hydrogens (tertiary/aromatic N) is 2. The van der Waals surface area contributed by atoms with E-state index < -0.39 is 0 Å². The number of halogens is 1. The number of hydrogen-bond donors (Lipinski definition) is 1. The van der Waals surface area contributed by atoms with Crippen LogP contribution in [0.4, 0.5) is 0 Å². The number of aromatic hydroxyl groups is 1. The van der Waals surface area contributed by atoms with E-state index in [1.54, 1.807) is 20.3 Å². The van der Waals surface area contributed by atoms with Gasteiger partial charge in [0.1, 0.15) is 17.2 Å². The zero-order valence-corrected chi connectivity index (χ0v) is 16.8. The first-order chi connectivity index (χ1) is 12.6. The van der Waals surface area contributed by atoms with Crippen LogP contribution in [0.2, 0.25) is 0 Å². The third kappa shape index (κ3) is 4.69. The van der Waals surface area contributed by atoms with Crippen LogP contribution in [0, 0.1) is 0 Å². The molecule has 0 radical (unpaired) electrons. The number of piperazine rings is 1. The fourth-order valence-electron chi connectivity index (χ4n) is 3.25. The highest BCUT2D eigenvalue weighted by molar-refractivity contribution is 9.10. The maximum atomic E-state index is 10.0. The Bertz CT molecular complexity index is 746. The van der Waals surface area contributed by atoms with Crippen molar-refractivity contribution in [2.45, 2.75) is 13.1 Å². The lowest BCUT2D eigenvalue weighted by Crippen LogP contribution is -2.45. The molecule has 0 amide bonds. The molecule has 140 valence electrons. The van der Waals surface area contributed by atoms with Crippen LogP contribution < -0.4 is 9.47 Å². The van der Waals surface area contributed by atoms with Gasteiger partial charge in [0.2, 0.25) is 0 Å². The zero-order chi connectivity index (χ0) is 18.5. The standard InChI is InChI=1S/C20H25BrN2O3/c1-25-18-5-3-15(20(12-18)26-2)13-22-7-9-23(10-8-22)14-16-11-17(21)4-6-19(16)24/h3-6,11-12,24H,7-10,13-14H2,1-2H3. The van der Waals surface area contributed by atoms with Crippen LogP contribution in [-0.2, 0) is 13.1 Å². The monoisotopic (exact) mass is 420 g/mol. The highest BCUT2D eigenvalue weighted by Crippen LogP contribution is 2.27. The smallest absolute Gasteiger partial charge is 0.127 e. The van der Waals surface area contributed by atoms with Crippen molar-refractivity contribution in [2.75, 3.05) is 40.4 Å². The SMILES string of the molecule is COc1ccc(CN2CCN(Cc3cc(Br)ccc3O)CC2)c(OC)c1. The molecule has 5 nitrogen and oxygen atoms in total. The van der Waals surface area contributed by atoms with Gasteiger partial charge in [0.25, 0.3) is 0 Å². The minimum Gasteiger partial charge on any atom is -0.508 e. The van der Waals surface area contributed by atoms with E-state index in [1.807, 2.05) is 24.3 Å². The fraction of sp³-hybridized carbons (Fsp3) is 0.400. The van der Waals surface area contributed by atoms with Crippen LogP contribution in [0.5, 0.6) is 17.2 Å². The maximum Gasteiger partial charge on any atom is 0.127 e. The molecule has 6 heteroatoms. The summed E-state index contributed by atoms with van der Waals surface area (Å²) in [5, 5.41) is 10.0. The molecule has 1 N–H and O–H groups in total. The molecule has 1 aliphatic heterocycles. The van der Waals surface area contributed by atoms with Gasteiger partial charge in [-0.05, 0) is 24.3 Å². The third-order valence-electron chi connectivity index (χ3n) is 4.79. The molecule has 2 aromatic rings. The highest BCUT2D eigenvalue weighted by Gasteiger charge is 2.19. The van der Waals surface area contributed by atoms with Gasteiger partial charge in [-0.2, -0.15) is 0 Å². The number of rotatable bonds is 6. The van der Waals surface area contributed by atoms with Crippen molar-refractivity contribution in [3.8, 4) is 17.2 Å². The summed E-state index contributed by atoms with van der Waals surface area (Å²) >= 11 is 3.47. The van der Waals surface area contributed by atoms with Gasteiger partial charge in [0, 0.05) is 60.9 Å². The van der Waals surface area contributed by atoms with Crippen LogP contribution in [-0.4, -0.2) is 55.3 Å². The van der Waals surface area contributed by atoms with Crippen molar-refractivity contribution in [3.63, 3.8) is 0 Å². The summed E-state index contributed by atoms with van der Waals surface area (Å²) in [7, 11) is 3.36. The molecule has 0 bridgehead atoms. The second kappa shape index (κ2) is 8.75. The summed E-state index contributed by atoms with van der Waals surface area (Å²) < 4.78 is 11.8. The van der Waals surface area contributed by atoms with Crippen molar-refractivity contribution < 1.29 is 14.6 Å². The summed E-state index contributed by atoms with van der Waals surface area (Å²) in [4.78, 5) is 4.81. The second-order valence-electron chi connectivity index (χ2n) is 6.50. The first-order valence-corrected chi connectivity index (χ1v) is 9.51. The molecular formula is C20H25BrN2O3. The predicted molar refractivity (Wildman–Crippen MR) is 106 cm³/mol. The molecule has 1 saturated heterocycles. The van der Waals surface area contributed by atoms with E-state index in [-0.39, 0.29) is 0 Å². The Morgan fingerprint density at radius 1 is 0.885 bits per heavy atom. The van der Waals surface area contributed by atoms with Gasteiger partial charge in [0.15, 0.2) is 0 Å². The molecule has 1 aliphatic rings. The minimum absolute atomic E-state index is 0.360. The van der Waals surface area contributed by atoms with Gasteiger partial charge >= 0.3 is 0 Å². The van der Waals surface area contributed by atoms with E-state index in [0.29, 0.717) is 5.75 Å². The van der Waals surface area contributed by atoms with Gasteiger partial charge in [-0.25, -0.2) is 0 Å². The van der Waals surface area contributed by atoms with Crippen molar-refractivity contribution in [3.05, 3.63) is 52.0 Å². The molecule has 0 aromatic heterocycles. The molecule has 1 fully saturated rings. The molecular weight excluding hydrogens is 396 g/mol. The van der Waals surface area contributed by atoms with Crippen LogP contribution in [0.3, 0.4) is 0 Å². The molecule has 0 spiro atoms. The van der Waals surface area contributed by atoms with Crippen molar-refractivity contribution in [2.24, 2.45) is 0 Å². The van der Waals surface area contributed by atoms with Gasteiger partial charge in [-0.15, -0.1) is 0 Å². The van der Waals surface area contributed by atoms with E-state index in [2.05, 4.69) is 31.8 Å². The molecule has 0 atom stereocenters. The Morgan fingerprint density at radius 3 is 2.15 bits per heavy atom. The van der Waals surface area contributed by atoms with Gasteiger partial charge in [-0.3, -0.25) is 9.80 Å². The maximum absolute atomic E-state index is 10.0. The molecule has 1 heterocycles. The van der Waals surface area contributed by atoms with Crippen LogP contribution >= 0.6 is 15.9 Å². The topological polar surface area (TPSA) is 45.2 Å². The Labute approximate surface area is 163 Å². The number of hydrogen-bond acceptors (Lipinski definition) is 5. The van der Waals surface area contributed by atoms with E-state index >= 15 is 0 Å². The van der Waals surface area contributed by atoms with Crippen molar-refractivity contribution >= 4 is 15.9 Å². The lowest BCUT2D eigenvalue weighted by atomic mass is 10.1. The van der Waals surface area contributed by atoms with Crippen LogP contribution in [0.1, 0.15) is 11.1 Å². The predicted octanol–water partition coefficient (Wildman–Crippen LogP) is 3.49. The van der Waals surface area contributed by atoms with Gasteiger partial charge < -0.3 is 14.6 Å². The molecule has 26 heavy (non-hydrogen) atoms. The first kappa shape index (κ1) is 19.0. The fourth-order valence-corrected chi connectivity index (χ4v) is 3.66. The van der Waals surface area contributed by atoms with Crippen molar-refractivity contribution in [1.29, 1.82) is 0 Å². The first-order valence-electron chi connectivity index (χ1n) is 8.72. The lowest BCUT2D eigenvalue weighted by molar-refractivity contribution is 0.120. The highest BCUT2D eigenvalue weighted by atomic mass is 79.9. The molecule has 0 unspecified atom stereocenters. The quantitative estimate of drug-likeness (QED) is 0.774. The average molecular weight is 421 g/mol. The Morgan fingerprint density at radius 2 is 1.54 bits per heavy atom. The zero-order valence-electron chi connectivity index (χ0n) is 15.2. The Hall–Kier alpha value is -1.76. The molecule has 3 rings (SSSR count). The Balaban J connectivity index is 1.56. The average Bonchev–Trinajstić information content (AvgIpc) is 2.66. The van der Waals surface area contributed by atoms with E-state index in [4.69, 9.17) is 9.47 Å². The number of benzene rings is 2. The Kier molecular flexibility index (Phi) is 6.40. The summed E-state index contributed by atoms with van der Waals surface area (Å²) in [5.41, 5.74) is 2.14. The second-order valence-corrected chi connectivity index (χ2v) is 7.42. The normalized spacial score (nSPS) is 15.8. The number of ether oxygens (including phenoxy) is 2. The molecule has 0 aliphatic carbocycles. The molecule has 2 aromatic carbocycles. The minimum atomic E-state index is 0.360. The summed E-state index contributed by atoms with van der Waals surface area (Å²) in [6, 6.07) is 11.6. The summed E-state index contributed by atoms with van der Waals surface area (Å²) in [6.07, 6.45) is 0. The summed E-state index contributed by atoms with van der Waals surface area (Å²) in [6.45, 7) is 5.57. The largest absolute Gasteiger partial charge is 0.508 e. The van der Waals surface area contributed by atoms with Gasteiger partial charge in [-0.1, -0.05) is 22.0 Å². The van der Waals surface area contributed by atoms with Gasteiger partial charge in [0.05, 0.1) is 14.2 Å². The van der Waals surface area contributed by atoms with E-state index in [9.17, 15) is 5.11 Å². The van der Waals surface area contributed by atoms with Crippen LogP contribution in [0.15, 0.2) is 40.9 Å². The van der Waals surface area contributed by atoms with Crippen LogP contribution in [0.25, 0.3) is 0 Å². The number of methoxy groups -OCH3 is 2. The number of phenolic OH excluding ortho intramolecular Hbond substituents is 1. The molecule has 0 saturated carbocycles. The van der Waals surface area contributed by atoms with Crippen molar-refractivity contribution in [1.82, 2.24) is 9.80 Å². The lowest BCUT2D eigenvalue weighted by Gasteiger charge is -2.35. The van der Waals surface area contributed by atoms with E-state index in [1.165, 1.54) is 5.56 Å². The van der Waals surface area contributed by atoms with E-state index in [0.717, 1.165) is 60.8 Å².